The van der Waals surface area contributed by atoms with E-state index >= 15 is 0 Å². The summed E-state index contributed by atoms with van der Waals surface area (Å²) in [6.45, 7) is 6.97. The highest BCUT2D eigenvalue weighted by Gasteiger charge is 2.34. The first-order chi connectivity index (χ1) is 13.0. The zero-order valence-corrected chi connectivity index (χ0v) is 16.7. The van der Waals surface area contributed by atoms with Gasteiger partial charge in [0.2, 0.25) is 0 Å². The summed E-state index contributed by atoms with van der Waals surface area (Å²) >= 11 is 0. The zero-order valence-electron chi connectivity index (χ0n) is 16.7. The highest BCUT2D eigenvalue weighted by atomic mass is 16.2. The lowest BCUT2D eigenvalue weighted by Crippen LogP contribution is -2.44. The summed E-state index contributed by atoms with van der Waals surface area (Å²) in [6, 6.07) is 2.13. The number of nitrogens with zero attached hydrogens (tertiary/aromatic N) is 5. The average Bonchev–Trinajstić information content (AvgIpc) is 3.07. The first-order valence-electron chi connectivity index (χ1n) is 9.64. The van der Waals surface area contributed by atoms with E-state index in [1.807, 2.05) is 38.0 Å². The first kappa shape index (κ1) is 19.4. The molecule has 0 radical (unpaired) electrons. The number of pyridine rings is 1. The lowest BCUT2D eigenvalue weighted by atomic mass is 9.85. The van der Waals surface area contributed by atoms with E-state index in [0.29, 0.717) is 18.5 Å². The summed E-state index contributed by atoms with van der Waals surface area (Å²) in [7, 11) is 3.82. The molecule has 27 heavy (non-hydrogen) atoms. The molecule has 0 saturated carbocycles. The molecule has 7 nitrogen and oxygen atoms in total. The maximum atomic E-state index is 12.7. The molecule has 2 atom stereocenters. The fourth-order valence-electron chi connectivity index (χ4n) is 4.05. The third-order valence-corrected chi connectivity index (χ3v) is 5.31. The van der Waals surface area contributed by atoms with E-state index in [0.717, 1.165) is 37.2 Å². The van der Waals surface area contributed by atoms with Crippen molar-refractivity contribution in [3.05, 3.63) is 42.0 Å². The monoisotopic (exact) mass is 370 g/mol. The van der Waals surface area contributed by atoms with Crippen LogP contribution in [-0.2, 0) is 7.05 Å². The second-order valence-corrected chi connectivity index (χ2v) is 7.48. The van der Waals surface area contributed by atoms with Gasteiger partial charge in [-0.2, -0.15) is 5.10 Å². The quantitative estimate of drug-likeness (QED) is 0.878. The fraction of sp³-hybridized carbons (Fsp3) is 0.550. The minimum atomic E-state index is -0.0963. The Morgan fingerprint density at radius 3 is 2.85 bits per heavy atom. The molecule has 0 bridgehead atoms. The lowest BCUT2D eigenvalue weighted by molar-refractivity contribution is 0.0828. The van der Waals surface area contributed by atoms with Gasteiger partial charge in [-0.05, 0) is 50.4 Å². The Kier molecular flexibility index (Phi) is 6.11. The molecule has 1 N–H and O–H groups in total. The SMILES string of the molecule is CCN1CCC[C@@H](CN(C)C(=O)Nc2cncc(C)c2)[C@@H]1c1cnn(C)c1. The van der Waals surface area contributed by atoms with Crippen LogP contribution >= 0.6 is 0 Å². The molecule has 0 unspecified atom stereocenters. The summed E-state index contributed by atoms with van der Waals surface area (Å²) in [4.78, 5) is 21.1. The molecular formula is C20H30N6O. The van der Waals surface area contributed by atoms with Crippen LogP contribution < -0.4 is 5.32 Å². The third-order valence-electron chi connectivity index (χ3n) is 5.31. The number of aromatic nitrogens is 3. The number of piperidine rings is 1. The number of amides is 2. The molecule has 3 heterocycles. The van der Waals surface area contributed by atoms with Gasteiger partial charge in [0.25, 0.3) is 0 Å². The minimum absolute atomic E-state index is 0.0963. The second kappa shape index (κ2) is 8.52. The fourth-order valence-corrected chi connectivity index (χ4v) is 4.05. The Morgan fingerprint density at radius 1 is 1.37 bits per heavy atom. The van der Waals surface area contributed by atoms with E-state index < -0.39 is 0 Å². The number of carbonyl (C=O) groups excluding carboxylic acids is 1. The van der Waals surface area contributed by atoms with Crippen LogP contribution in [0.3, 0.4) is 0 Å². The van der Waals surface area contributed by atoms with Crippen molar-refractivity contribution in [3.63, 3.8) is 0 Å². The Hall–Kier alpha value is -2.41. The summed E-state index contributed by atoms with van der Waals surface area (Å²) in [5.41, 5.74) is 2.99. The van der Waals surface area contributed by atoms with E-state index in [-0.39, 0.29) is 6.03 Å². The van der Waals surface area contributed by atoms with Crippen LogP contribution in [0.25, 0.3) is 0 Å². The second-order valence-electron chi connectivity index (χ2n) is 7.48. The summed E-state index contributed by atoms with van der Waals surface area (Å²) in [5.74, 6) is 0.384. The standard InChI is InChI=1S/C20H30N6O/c1-5-26-8-6-7-16(19(26)17-11-22-25(4)14-17)13-24(3)20(27)23-18-9-15(2)10-21-12-18/h9-12,14,16,19H,5-8,13H2,1-4H3,(H,23,27)/t16-,19+/m0/s1. The van der Waals surface area contributed by atoms with Gasteiger partial charge in [-0.3, -0.25) is 14.6 Å². The van der Waals surface area contributed by atoms with E-state index in [4.69, 9.17) is 0 Å². The highest BCUT2D eigenvalue weighted by Crippen LogP contribution is 2.36. The number of likely N-dealkylation sites (tertiary alicyclic amines) is 1. The Labute approximate surface area is 161 Å². The number of anilines is 1. The number of nitrogens with one attached hydrogen (secondary N) is 1. The summed E-state index contributed by atoms with van der Waals surface area (Å²) in [5, 5.41) is 7.31. The van der Waals surface area contributed by atoms with E-state index in [2.05, 4.69) is 33.4 Å². The number of urea groups is 1. The summed E-state index contributed by atoms with van der Waals surface area (Å²) in [6.07, 6.45) is 9.79. The van der Waals surface area contributed by atoms with Crippen molar-refractivity contribution in [3.8, 4) is 0 Å². The first-order valence-corrected chi connectivity index (χ1v) is 9.64. The average molecular weight is 371 g/mol. The molecule has 1 fully saturated rings. The van der Waals surface area contributed by atoms with Crippen LogP contribution in [0.4, 0.5) is 10.5 Å². The smallest absolute Gasteiger partial charge is 0.321 e. The molecule has 2 aromatic rings. The number of aryl methyl sites for hydroxylation is 2. The van der Waals surface area contributed by atoms with Gasteiger partial charge in [0.05, 0.1) is 18.1 Å². The molecular weight excluding hydrogens is 340 g/mol. The van der Waals surface area contributed by atoms with Crippen LogP contribution in [0.2, 0.25) is 0 Å². The van der Waals surface area contributed by atoms with Crippen molar-refractivity contribution in [2.45, 2.75) is 32.7 Å². The molecule has 1 aliphatic heterocycles. The van der Waals surface area contributed by atoms with Gasteiger partial charge in [-0.15, -0.1) is 0 Å². The molecule has 0 aliphatic carbocycles. The predicted molar refractivity (Wildman–Crippen MR) is 107 cm³/mol. The van der Waals surface area contributed by atoms with Gasteiger partial charge in [0, 0.05) is 44.6 Å². The number of rotatable bonds is 5. The van der Waals surface area contributed by atoms with Crippen LogP contribution in [0.1, 0.15) is 36.9 Å². The molecule has 2 aromatic heterocycles. The molecule has 3 rings (SSSR count). The van der Waals surface area contributed by atoms with Crippen molar-refractivity contribution in [2.75, 3.05) is 32.0 Å². The molecule has 1 aliphatic rings. The Bertz CT molecular complexity index is 773. The van der Waals surface area contributed by atoms with Crippen molar-refractivity contribution in [1.29, 1.82) is 0 Å². The highest BCUT2D eigenvalue weighted by molar-refractivity contribution is 5.89. The van der Waals surface area contributed by atoms with Crippen LogP contribution in [0, 0.1) is 12.8 Å². The topological polar surface area (TPSA) is 66.3 Å². The van der Waals surface area contributed by atoms with Gasteiger partial charge >= 0.3 is 6.03 Å². The Morgan fingerprint density at radius 2 is 2.19 bits per heavy atom. The minimum Gasteiger partial charge on any atom is -0.327 e. The van der Waals surface area contributed by atoms with E-state index in [1.165, 1.54) is 5.56 Å². The number of hydrogen-bond acceptors (Lipinski definition) is 4. The van der Waals surface area contributed by atoms with E-state index in [1.54, 1.807) is 17.3 Å². The van der Waals surface area contributed by atoms with Crippen molar-refractivity contribution in [1.82, 2.24) is 24.6 Å². The molecule has 0 spiro atoms. The van der Waals surface area contributed by atoms with Crippen LogP contribution in [-0.4, -0.2) is 57.3 Å². The molecule has 2 amide bonds. The van der Waals surface area contributed by atoms with Gasteiger partial charge in [0.1, 0.15) is 0 Å². The number of hydrogen-bond donors (Lipinski definition) is 1. The number of carbonyl (C=O) groups is 1. The van der Waals surface area contributed by atoms with Gasteiger partial charge in [-0.1, -0.05) is 6.92 Å². The maximum absolute atomic E-state index is 12.7. The van der Waals surface area contributed by atoms with Crippen molar-refractivity contribution >= 4 is 11.7 Å². The molecule has 1 saturated heterocycles. The zero-order chi connectivity index (χ0) is 19.4. The van der Waals surface area contributed by atoms with Crippen molar-refractivity contribution in [2.24, 2.45) is 13.0 Å². The van der Waals surface area contributed by atoms with Crippen molar-refractivity contribution < 1.29 is 4.79 Å². The van der Waals surface area contributed by atoms with Gasteiger partial charge in [0.15, 0.2) is 0 Å². The van der Waals surface area contributed by atoms with E-state index in [9.17, 15) is 4.79 Å². The van der Waals surface area contributed by atoms with Gasteiger partial charge < -0.3 is 10.2 Å². The molecule has 7 heteroatoms. The van der Waals surface area contributed by atoms with Crippen LogP contribution in [0.15, 0.2) is 30.9 Å². The largest absolute Gasteiger partial charge is 0.327 e. The predicted octanol–water partition coefficient (Wildman–Crippen LogP) is 3.06. The van der Waals surface area contributed by atoms with Gasteiger partial charge in [-0.25, -0.2) is 4.79 Å². The molecule has 0 aromatic carbocycles. The maximum Gasteiger partial charge on any atom is 0.321 e. The third kappa shape index (κ3) is 4.66. The van der Waals surface area contributed by atoms with Crippen LogP contribution in [0.5, 0.6) is 0 Å². The Balaban J connectivity index is 1.70. The lowest BCUT2D eigenvalue weighted by Gasteiger charge is -2.42. The molecule has 146 valence electrons. The summed E-state index contributed by atoms with van der Waals surface area (Å²) < 4.78 is 1.86. The normalized spacial score (nSPS) is 20.4.